The Morgan fingerprint density at radius 1 is 1.18 bits per heavy atom. The Hall–Kier alpha value is -2.13. The third kappa shape index (κ3) is 6.10. The van der Waals surface area contributed by atoms with Crippen molar-refractivity contribution in [3.8, 4) is 0 Å². The Bertz CT molecular complexity index is 646. The van der Waals surface area contributed by atoms with Crippen molar-refractivity contribution in [3.05, 3.63) is 24.3 Å². The van der Waals surface area contributed by atoms with Crippen LogP contribution in [0.3, 0.4) is 0 Å². The highest BCUT2D eigenvalue weighted by Crippen LogP contribution is 2.15. The summed E-state index contributed by atoms with van der Waals surface area (Å²) in [6, 6.07) is 5.24. The first-order valence-corrected chi connectivity index (χ1v) is 7.79. The molecular weight excluding hydrogens is 312 g/mol. The van der Waals surface area contributed by atoms with E-state index in [-0.39, 0.29) is 4.90 Å². The average molecular weight is 330 g/mol. The lowest BCUT2D eigenvalue weighted by molar-refractivity contribution is -0.135. The van der Waals surface area contributed by atoms with Gasteiger partial charge in [-0.05, 0) is 45.0 Å². The van der Waals surface area contributed by atoms with Crippen LogP contribution in [-0.4, -0.2) is 37.7 Å². The van der Waals surface area contributed by atoms with E-state index in [1.165, 1.54) is 24.3 Å². The Balaban J connectivity index is 2.74. The van der Waals surface area contributed by atoms with Gasteiger partial charge in [0.15, 0.2) is 0 Å². The van der Waals surface area contributed by atoms with Crippen LogP contribution >= 0.6 is 0 Å². The van der Waals surface area contributed by atoms with E-state index in [0.29, 0.717) is 5.69 Å². The number of carbonyl (C=O) groups excluding carboxylic acids is 1. The van der Waals surface area contributed by atoms with Gasteiger partial charge in [-0.2, -0.15) is 4.72 Å². The zero-order chi connectivity index (χ0) is 17.0. The number of aliphatic carboxylic acids is 1. The summed E-state index contributed by atoms with van der Waals surface area (Å²) in [7, 11) is -3.90. The van der Waals surface area contributed by atoms with Gasteiger partial charge >= 0.3 is 12.1 Å². The molecule has 1 aromatic rings. The number of amides is 1. The molecule has 0 saturated carbocycles. The van der Waals surface area contributed by atoms with Crippen molar-refractivity contribution in [3.63, 3.8) is 0 Å². The molecule has 0 radical (unpaired) electrons. The summed E-state index contributed by atoms with van der Waals surface area (Å²) in [5.41, 5.74) is -0.292. The van der Waals surface area contributed by atoms with E-state index < -0.39 is 34.2 Å². The predicted octanol–water partition coefficient (Wildman–Crippen LogP) is 1.40. The molecule has 0 aliphatic carbocycles. The van der Waals surface area contributed by atoms with Gasteiger partial charge < -0.3 is 9.84 Å². The van der Waals surface area contributed by atoms with E-state index in [4.69, 9.17) is 9.84 Å². The molecule has 8 nitrogen and oxygen atoms in total. The van der Waals surface area contributed by atoms with E-state index in [9.17, 15) is 18.0 Å². The normalized spacial score (nSPS) is 11.8. The molecule has 1 amide bonds. The lowest BCUT2D eigenvalue weighted by Gasteiger charge is -2.19. The standard InChI is InChI=1S/C13H18N2O6S/c1-13(2,3)21-12(18)15-9-4-6-10(7-5-9)22(19,20)14-8-11(16)17/h4-7,14H,8H2,1-3H3,(H,15,18)(H,16,17). The van der Waals surface area contributed by atoms with Crippen LogP contribution in [-0.2, 0) is 19.6 Å². The summed E-state index contributed by atoms with van der Waals surface area (Å²) in [6.45, 7) is 4.45. The molecule has 22 heavy (non-hydrogen) atoms. The van der Waals surface area contributed by atoms with Gasteiger partial charge in [0, 0.05) is 5.69 Å². The van der Waals surface area contributed by atoms with E-state index in [2.05, 4.69) is 5.32 Å². The van der Waals surface area contributed by atoms with E-state index in [0.717, 1.165) is 0 Å². The molecule has 0 spiro atoms. The number of anilines is 1. The topological polar surface area (TPSA) is 122 Å². The van der Waals surface area contributed by atoms with Gasteiger partial charge in [0.2, 0.25) is 10.0 Å². The third-order valence-corrected chi connectivity index (χ3v) is 3.64. The Morgan fingerprint density at radius 3 is 2.18 bits per heavy atom. The highest BCUT2D eigenvalue weighted by Gasteiger charge is 2.17. The Morgan fingerprint density at radius 2 is 1.73 bits per heavy atom. The van der Waals surface area contributed by atoms with E-state index in [1.54, 1.807) is 20.8 Å². The van der Waals surface area contributed by atoms with Crippen LogP contribution in [0.25, 0.3) is 0 Å². The molecule has 0 atom stereocenters. The summed E-state index contributed by atoms with van der Waals surface area (Å²) in [5, 5.41) is 10.9. The molecule has 9 heteroatoms. The van der Waals surface area contributed by atoms with Crippen molar-refractivity contribution in [2.75, 3.05) is 11.9 Å². The number of hydrogen-bond donors (Lipinski definition) is 3. The fraction of sp³-hybridized carbons (Fsp3) is 0.385. The van der Waals surface area contributed by atoms with Gasteiger partial charge in [-0.3, -0.25) is 10.1 Å². The van der Waals surface area contributed by atoms with Gasteiger partial charge in [-0.25, -0.2) is 13.2 Å². The van der Waals surface area contributed by atoms with Crippen molar-refractivity contribution < 1.29 is 27.9 Å². The molecular formula is C13H18N2O6S. The van der Waals surface area contributed by atoms with Crippen LogP contribution in [0.4, 0.5) is 10.5 Å². The van der Waals surface area contributed by atoms with Gasteiger partial charge in [0.05, 0.1) is 4.90 Å². The number of carbonyl (C=O) groups is 2. The first kappa shape index (κ1) is 17.9. The molecule has 122 valence electrons. The second kappa shape index (κ2) is 6.75. The maximum absolute atomic E-state index is 11.8. The minimum atomic E-state index is -3.90. The van der Waals surface area contributed by atoms with Crippen molar-refractivity contribution in [2.24, 2.45) is 0 Å². The molecule has 0 bridgehead atoms. The molecule has 0 fully saturated rings. The quantitative estimate of drug-likeness (QED) is 0.750. The van der Waals surface area contributed by atoms with Crippen molar-refractivity contribution in [1.29, 1.82) is 0 Å². The SMILES string of the molecule is CC(C)(C)OC(=O)Nc1ccc(S(=O)(=O)NCC(=O)O)cc1. The number of nitrogens with one attached hydrogen (secondary N) is 2. The van der Waals surface area contributed by atoms with Crippen LogP contribution in [0.1, 0.15) is 20.8 Å². The molecule has 0 unspecified atom stereocenters. The summed E-state index contributed by atoms with van der Waals surface area (Å²) >= 11 is 0. The first-order chi connectivity index (χ1) is 9.99. The highest BCUT2D eigenvalue weighted by molar-refractivity contribution is 7.89. The molecule has 1 rings (SSSR count). The summed E-state index contributed by atoms with van der Waals surface area (Å²) < 4.78 is 30.5. The lowest BCUT2D eigenvalue weighted by Crippen LogP contribution is -2.29. The fourth-order valence-electron chi connectivity index (χ4n) is 1.38. The summed E-state index contributed by atoms with van der Waals surface area (Å²) in [4.78, 5) is 21.8. The molecule has 0 heterocycles. The molecule has 0 aromatic heterocycles. The Labute approximate surface area is 128 Å². The number of carboxylic acid groups (broad SMARTS) is 1. The smallest absolute Gasteiger partial charge is 0.412 e. The minimum absolute atomic E-state index is 0.108. The highest BCUT2D eigenvalue weighted by atomic mass is 32.2. The number of carboxylic acids is 1. The molecule has 1 aromatic carbocycles. The zero-order valence-electron chi connectivity index (χ0n) is 12.4. The van der Waals surface area contributed by atoms with Crippen molar-refractivity contribution in [1.82, 2.24) is 4.72 Å². The second-order valence-electron chi connectivity index (χ2n) is 5.37. The van der Waals surface area contributed by atoms with Gasteiger partial charge in [-0.1, -0.05) is 0 Å². The molecule has 3 N–H and O–H groups in total. The number of benzene rings is 1. The molecule has 0 aliphatic heterocycles. The lowest BCUT2D eigenvalue weighted by atomic mass is 10.2. The monoisotopic (exact) mass is 330 g/mol. The average Bonchev–Trinajstić information content (AvgIpc) is 2.35. The molecule has 0 aliphatic rings. The number of sulfonamides is 1. The van der Waals surface area contributed by atoms with E-state index >= 15 is 0 Å². The summed E-state index contributed by atoms with van der Waals surface area (Å²) in [6.07, 6.45) is -0.660. The summed E-state index contributed by atoms with van der Waals surface area (Å²) in [5.74, 6) is -1.29. The second-order valence-corrected chi connectivity index (χ2v) is 7.14. The largest absolute Gasteiger partial charge is 0.480 e. The predicted molar refractivity (Wildman–Crippen MR) is 79.1 cm³/mol. The van der Waals surface area contributed by atoms with Crippen LogP contribution < -0.4 is 10.0 Å². The van der Waals surface area contributed by atoms with Crippen LogP contribution in [0.2, 0.25) is 0 Å². The zero-order valence-corrected chi connectivity index (χ0v) is 13.2. The maximum atomic E-state index is 11.8. The number of hydrogen-bond acceptors (Lipinski definition) is 5. The maximum Gasteiger partial charge on any atom is 0.412 e. The number of ether oxygens (including phenoxy) is 1. The fourth-order valence-corrected chi connectivity index (χ4v) is 2.35. The van der Waals surface area contributed by atoms with Crippen LogP contribution in [0.5, 0.6) is 0 Å². The van der Waals surface area contributed by atoms with E-state index in [1.807, 2.05) is 4.72 Å². The van der Waals surface area contributed by atoms with Gasteiger partial charge in [0.25, 0.3) is 0 Å². The van der Waals surface area contributed by atoms with Gasteiger partial charge in [-0.15, -0.1) is 0 Å². The van der Waals surface area contributed by atoms with Crippen LogP contribution in [0.15, 0.2) is 29.2 Å². The van der Waals surface area contributed by atoms with Crippen LogP contribution in [0, 0.1) is 0 Å². The number of rotatable bonds is 5. The molecule has 0 saturated heterocycles. The Kier molecular flexibility index (Phi) is 5.50. The van der Waals surface area contributed by atoms with Gasteiger partial charge in [0.1, 0.15) is 12.1 Å². The van der Waals surface area contributed by atoms with Crippen molar-refractivity contribution >= 4 is 27.8 Å². The third-order valence-electron chi connectivity index (χ3n) is 2.22. The van der Waals surface area contributed by atoms with Crippen molar-refractivity contribution in [2.45, 2.75) is 31.3 Å². The first-order valence-electron chi connectivity index (χ1n) is 6.31. The minimum Gasteiger partial charge on any atom is -0.480 e.